The molecule has 5 heteroatoms. The fourth-order valence-electron chi connectivity index (χ4n) is 1.46. The van der Waals surface area contributed by atoms with Gasteiger partial charge in [-0.05, 0) is 12.8 Å². The van der Waals surface area contributed by atoms with Crippen LogP contribution >= 0.6 is 11.6 Å². The summed E-state index contributed by atoms with van der Waals surface area (Å²) < 4.78 is 22.4. The van der Waals surface area contributed by atoms with Crippen LogP contribution in [-0.2, 0) is 9.84 Å². The Kier molecular flexibility index (Phi) is 4.22. The molecule has 76 valence electrons. The topological polar surface area (TPSA) is 46.2 Å². The first-order valence-electron chi connectivity index (χ1n) is 4.33. The van der Waals surface area contributed by atoms with Gasteiger partial charge in [0, 0.05) is 18.1 Å². The molecule has 1 fully saturated rings. The third-order valence-corrected chi connectivity index (χ3v) is 4.08. The van der Waals surface area contributed by atoms with Gasteiger partial charge in [0.15, 0.2) is 9.84 Å². The molecule has 0 aromatic rings. The zero-order valence-electron chi connectivity index (χ0n) is 7.37. The second kappa shape index (κ2) is 4.98. The maximum absolute atomic E-state index is 11.2. The molecule has 3 nitrogen and oxygen atoms in total. The van der Waals surface area contributed by atoms with E-state index in [0.717, 1.165) is 12.8 Å². The van der Waals surface area contributed by atoms with Crippen molar-refractivity contribution in [1.29, 1.82) is 0 Å². The van der Waals surface area contributed by atoms with Gasteiger partial charge >= 0.3 is 0 Å². The lowest BCUT2D eigenvalue weighted by atomic mass is 10.2. The summed E-state index contributed by atoms with van der Waals surface area (Å²) in [7, 11) is -2.79. The van der Waals surface area contributed by atoms with E-state index >= 15 is 0 Å². The van der Waals surface area contributed by atoms with Crippen molar-refractivity contribution in [2.24, 2.45) is 0 Å². The SMILES string of the molecule is O=S1(=O)CCCC(NC/C=C/Cl)C1. The Hall–Kier alpha value is -0.0600. The molecule has 0 spiro atoms. The number of halogens is 1. The van der Waals surface area contributed by atoms with E-state index in [1.807, 2.05) is 0 Å². The summed E-state index contributed by atoms with van der Waals surface area (Å²) in [5.74, 6) is 0.611. The average molecular weight is 224 g/mol. The number of hydrogen-bond donors (Lipinski definition) is 1. The normalized spacial score (nSPS) is 27.9. The first-order chi connectivity index (χ1) is 6.14. The molecule has 0 bridgehead atoms. The van der Waals surface area contributed by atoms with Crippen LogP contribution in [0.5, 0.6) is 0 Å². The summed E-state index contributed by atoms with van der Waals surface area (Å²) in [6.07, 6.45) is 3.47. The van der Waals surface area contributed by atoms with Crippen molar-refractivity contribution in [2.45, 2.75) is 18.9 Å². The van der Waals surface area contributed by atoms with E-state index in [-0.39, 0.29) is 11.8 Å². The van der Waals surface area contributed by atoms with E-state index in [1.165, 1.54) is 5.54 Å². The third kappa shape index (κ3) is 4.11. The van der Waals surface area contributed by atoms with Gasteiger partial charge in [0.05, 0.1) is 11.5 Å². The lowest BCUT2D eigenvalue weighted by Crippen LogP contribution is -2.40. The van der Waals surface area contributed by atoms with Crippen molar-refractivity contribution in [2.75, 3.05) is 18.1 Å². The smallest absolute Gasteiger partial charge is 0.151 e. The van der Waals surface area contributed by atoms with Crippen LogP contribution in [0.1, 0.15) is 12.8 Å². The van der Waals surface area contributed by atoms with Gasteiger partial charge in [0.25, 0.3) is 0 Å². The minimum atomic E-state index is -2.79. The van der Waals surface area contributed by atoms with Gasteiger partial charge in [-0.3, -0.25) is 0 Å². The fourth-order valence-corrected chi connectivity index (χ4v) is 3.22. The molecule has 1 aliphatic heterocycles. The van der Waals surface area contributed by atoms with E-state index in [2.05, 4.69) is 5.32 Å². The summed E-state index contributed by atoms with van der Waals surface area (Å²) >= 11 is 5.34. The average Bonchev–Trinajstić information content (AvgIpc) is 2.03. The molecule has 1 rings (SSSR count). The van der Waals surface area contributed by atoms with Gasteiger partial charge in [0.2, 0.25) is 0 Å². The Bertz CT molecular complexity index is 274. The Morgan fingerprint density at radius 2 is 2.31 bits per heavy atom. The van der Waals surface area contributed by atoms with Gasteiger partial charge in [-0.25, -0.2) is 8.42 Å². The highest BCUT2D eigenvalue weighted by molar-refractivity contribution is 7.91. The maximum atomic E-state index is 11.2. The Balaban J connectivity index is 2.35. The van der Waals surface area contributed by atoms with E-state index < -0.39 is 9.84 Å². The van der Waals surface area contributed by atoms with Crippen LogP contribution in [0, 0.1) is 0 Å². The molecule has 0 aromatic carbocycles. The number of sulfone groups is 1. The molecule has 1 heterocycles. The monoisotopic (exact) mass is 223 g/mol. The standard InChI is InChI=1S/C8H14ClNO2S/c9-4-2-5-10-8-3-1-6-13(11,12)7-8/h2,4,8,10H,1,3,5-7H2/b4-2+. The van der Waals surface area contributed by atoms with Crippen LogP contribution in [0.2, 0.25) is 0 Å². The van der Waals surface area contributed by atoms with Crippen molar-refractivity contribution in [3.63, 3.8) is 0 Å². The van der Waals surface area contributed by atoms with E-state index in [1.54, 1.807) is 6.08 Å². The zero-order valence-corrected chi connectivity index (χ0v) is 8.94. The molecule has 13 heavy (non-hydrogen) atoms. The van der Waals surface area contributed by atoms with Crippen LogP contribution in [0.25, 0.3) is 0 Å². The summed E-state index contributed by atoms with van der Waals surface area (Å²) in [4.78, 5) is 0. The highest BCUT2D eigenvalue weighted by Gasteiger charge is 2.23. The summed E-state index contributed by atoms with van der Waals surface area (Å²) in [6, 6.07) is 0.103. The maximum Gasteiger partial charge on any atom is 0.151 e. The molecular formula is C8H14ClNO2S. The van der Waals surface area contributed by atoms with Gasteiger partial charge in [0.1, 0.15) is 0 Å². The lowest BCUT2D eigenvalue weighted by molar-refractivity contribution is 0.499. The number of rotatable bonds is 3. The molecule has 1 unspecified atom stereocenters. The Morgan fingerprint density at radius 1 is 1.54 bits per heavy atom. The molecule has 0 aromatic heterocycles. The van der Waals surface area contributed by atoms with Crippen LogP contribution in [0.4, 0.5) is 0 Å². The van der Waals surface area contributed by atoms with Crippen molar-refractivity contribution in [1.82, 2.24) is 5.32 Å². The van der Waals surface area contributed by atoms with Crippen molar-refractivity contribution in [3.05, 3.63) is 11.6 Å². The van der Waals surface area contributed by atoms with Gasteiger partial charge < -0.3 is 5.32 Å². The Morgan fingerprint density at radius 3 is 2.92 bits per heavy atom. The molecule has 1 N–H and O–H groups in total. The number of nitrogens with one attached hydrogen (secondary N) is 1. The molecular weight excluding hydrogens is 210 g/mol. The molecule has 0 amide bonds. The van der Waals surface area contributed by atoms with E-state index in [9.17, 15) is 8.42 Å². The Labute approximate surface area is 84.1 Å². The second-order valence-electron chi connectivity index (χ2n) is 3.22. The van der Waals surface area contributed by atoms with E-state index in [4.69, 9.17) is 11.6 Å². The quantitative estimate of drug-likeness (QED) is 0.774. The summed E-state index contributed by atoms with van der Waals surface area (Å²) in [5, 5.41) is 3.13. The first-order valence-corrected chi connectivity index (χ1v) is 6.59. The van der Waals surface area contributed by atoms with Gasteiger partial charge in [-0.15, -0.1) is 0 Å². The first kappa shape index (κ1) is 11.0. The van der Waals surface area contributed by atoms with Crippen LogP contribution in [0.3, 0.4) is 0 Å². The van der Waals surface area contributed by atoms with E-state index in [0.29, 0.717) is 12.3 Å². The molecule has 1 atom stereocenters. The predicted octanol–water partition coefficient (Wildman–Crippen LogP) is 0.906. The van der Waals surface area contributed by atoms with Crippen LogP contribution in [-0.4, -0.2) is 32.5 Å². The minimum absolute atomic E-state index is 0.103. The third-order valence-electron chi connectivity index (χ3n) is 2.08. The summed E-state index contributed by atoms with van der Waals surface area (Å²) in [6.45, 7) is 0.643. The van der Waals surface area contributed by atoms with Crippen LogP contribution < -0.4 is 5.32 Å². The zero-order chi connectivity index (χ0) is 9.73. The predicted molar refractivity (Wildman–Crippen MR) is 54.7 cm³/mol. The van der Waals surface area contributed by atoms with Crippen molar-refractivity contribution in [3.8, 4) is 0 Å². The highest BCUT2D eigenvalue weighted by atomic mass is 35.5. The fraction of sp³-hybridized carbons (Fsp3) is 0.750. The molecule has 0 aliphatic carbocycles. The lowest BCUT2D eigenvalue weighted by Gasteiger charge is -2.22. The molecule has 0 saturated carbocycles. The van der Waals surface area contributed by atoms with Crippen molar-refractivity contribution >= 4 is 21.4 Å². The summed E-state index contributed by atoms with van der Waals surface area (Å²) in [5.41, 5.74) is 1.43. The highest BCUT2D eigenvalue weighted by Crippen LogP contribution is 2.11. The molecule has 1 aliphatic rings. The molecule has 1 saturated heterocycles. The van der Waals surface area contributed by atoms with Crippen LogP contribution in [0.15, 0.2) is 11.6 Å². The van der Waals surface area contributed by atoms with Crippen molar-refractivity contribution < 1.29 is 8.42 Å². The number of hydrogen-bond acceptors (Lipinski definition) is 3. The van der Waals surface area contributed by atoms with Gasteiger partial charge in [-0.1, -0.05) is 17.7 Å². The molecule has 0 radical (unpaired) electrons. The largest absolute Gasteiger partial charge is 0.309 e. The second-order valence-corrected chi connectivity index (χ2v) is 5.70. The minimum Gasteiger partial charge on any atom is -0.309 e. The van der Waals surface area contributed by atoms with Gasteiger partial charge in [-0.2, -0.15) is 0 Å².